The second-order valence-corrected chi connectivity index (χ2v) is 5.37. The van der Waals surface area contributed by atoms with Gasteiger partial charge in [-0.1, -0.05) is 0 Å². The van der Waals surface area contributed by atoms with Gasteiger partial charge in [0, 0.05) is 26.0 Å². The van der Waals surface area contributed by atoms with Crippen LogP contribution in [0.1, 0.15) is 12.7 Å². The van der Waals surface area contributed by atoms with Gasteiger partial charge in [0.15, 0.2) is 5.82 Å². The molecule has 0 aliphatic carbocycles. The zero-order valence-electron chi connectivity index (χ0n) is 11.3. The van der Waals surface area contributed by atoms with E-state index in [1.807, 2.05) is 18.4 Å². The number of nitrogens with zero attached hydrogens (tertiary/aromatic N) is 4. The summed E-state index contributed by atoms with van der Waals surface area (Å²) in [6, 6.07) is 2.01. The first-order chi connectivity index (χ1) is 9.69. The van der Waals surface area contributed by atoms with E-state index in [-0.39, 0.29) is 5.69 Å². The molecule has 0 aliphatic heterocycles. The van der Waals surface area contributed by atoms with E-state index in [1.165, 1.54) is 4.57 Å². The first kappa shape index (κ1) is 12.9. The van der Waals surface area contributed by atoms with Crippen molar-refractivity contribution in [3.63, 3.8) is 0 Å². The van der Waals surface area contributed by atoms with Gasteiger partial charge in [-0.3, -0.25) is 4.57 Å². The number of nitrogens with one attached hydrogen (secondary N) is 1. The predicted octanol–water partition coefficient (Wildman–Crippen LogP) is 1.67. The van der Waals surface area contributed by atoms with Crippen LogP contribution in [-0.2, 0) is 13.6 Å². The van der Waals surface area contributed by atoms with Crippen molar-refractivity contribution in [2.24, 2.45) is 7.05 Å². The third kappa shape index (κ3) is 2.20. The average Bonchev–Trinajstić information content (AvgIpc) is 3.01. The lowest BCUT2D eigenvalue weighted by molar-refractivity contribution is 0.691. The number of fused-ring (bicyclic) bond motifs is 1. The summed E-state index contributed by atoms with van der Waals surface area (Å²) in [6.45, 7) is 3.21. The molecule has 0 aromatic carbocycles. The Hall–Kier alpha value is -2.15. The molecule has 0 radical (unpaired) electrons. The molecule has 0 spiro atoms. The van der Waals surface area contributed by atoms with Crippen LogP contribution >= 0.6 is 11.3 Å². The molecule has 6 nitrogen and oxygen atoms in total. The van der Waals surface area contributed by atoms with Crippen LogP contribution in [0.25, 0.3) is 10.2 Å². The summed E-state index contributed by atoms with van der Waals surface area (Å²) >= 11 is 1.58. The van der Waals surface area contributed by atoms with Crippen molar-refractivity contribution in [2.45, 2.75) is 13.5 Å². The van der Waals surface area contributed by atoms with E-state index in [4.69, 9.17) is 0 Å². The molecular formula is C13H15N5OS. The van der Waals surface area contributed by atoms with Gasteiger partial charge in [0.25, 0.3) is 0 Å². The van der Waals surface area contributed by atoms with E-state index < -0.39 is 0 Å². The maximum atomic E-state index is 11.9. The predicted molar refractivity (Wildman–Crippen MR) is 80.4 cm³/mol. The molecule has 3 rings (SSSR count). The molecule has 104 valence electrons. The molecule has 0 fully saturated rings. The Morgan fingerprint density at radius 2 is 2.20 bits per heavy atom. The summed E-state index contributed by atoms with van der Waals surface area (Å²) in [5.74, 6) is 1.47. The fraction of sp³-hybridized carbons (Fsp3) is 0.308. The van der Waals surface area contributed by atoms with Gasteiger partial charge in [0.1, 0.15) is 10.6 Å². The third-order valence-electron chi connectivity index (χ3n) is 3.05. The summed E-state index contributed by atoms with van der Waals surface area (Å²) in [6.07, 6.45) is 3.48. The van der Waals surface area contributed by atoms with Crippen molar-refractivity contribution in [2.75, 3.05) is 11.9 Å². The molecule has 0 amide bonds. The fourth-order valence-electron chi connectivity index (χ4n) is 2.06. The van der Waals surface area contributed by atoms with Crippen LogP contribution < -0.4 is 11.0 Å². The number of aryl methyl sites for hydroxylation is 1. The second kappa shape index (κ2) is 5.09. The van der Waals surface area contributed by atoms with E-state index in [2.05, 4.69) is 15.3 Å². The first-order valence-electron chi connectivity index (χ1n) is 6.38. The Bertz CT molecular complexity index is 801. The van der Waals surface area contributed by atoms with Crippen LogP contribution in [0.2, 0.25) is 0 Å². The van der Waals surface area contributed by atoms with E-state index in [1.54, 1.807) is 35.3 Å². The standard InChI is InChI=1S/C13H15N5OS/c1-3-14-11-9-4-7-20-12(9)16-10(15-11)8-18-6-5-17(2)13(18)19/h4-7H,3,8H2,1-2H3,(H,14,15,16). The molecule has 20 heavy (non-hydrogen) atoms. The smallest absolute Gasteiger partial charge is 0.328 e. The van der Waals surface area contributed by atoms with Gasteiger partial charge >= 0.3 is 5.69 Å². The summed E-state index contributed by atoms with van der Waals surface area (Å²) in [5, 5.41) is 6.27. The highest BCUT2D eigenvalue weighted by molar-refractivity contribution is 7.16. The van der Waals surface area contributed by atoms with Gasteiger partial charge in [0.05, 0.1) is 11.9 Å². The summed E-state index contributed by atoms with van der Waals surface area (Å²) < 4.78 is 3.14. The molecule has 0 aliphatic rings. The van der Waals surface area contributed by atoms with E-state index >= 15 is 0 Å². The van der Waals surface area contributed by atoms with E-state index in [9.17, 15) is 4.79 Å². The van der Waals surface area contributed by atoms with Crippen molar-refractivity contribution in [1.82, 2.24) is 19.1 Å². The van der Waals surface area contributed by atoms with Gasteiger partial charge in [0.2, 0.25) is 0 Å². The fourth-order valence-corrected chi connectivity index (χ4v) is 2.84. The summed E-state index contributed by atoms with van der Waals surface area (Å²) in [7, 11) is 1.73. The molecule has 0 unspecified atom stereocenters. The monoisotopic (exact) mass is 289 g/mol. The zero-order valence-corrected chi connectivity index (χ0v) is 12.1. The summed E-state index contributed by atoms with van der Waals surface area (Å²) in [5.41, 5.74) is -0.0649. The van der Waals surface area contributed by atoms with Crippen LogP contribution in [0.5, 0.6) is 0 Å². The molecule has 3 heterocycles. The molecule has 7 heteroatoms. The van der Waals surface area contributed by atoms with Crippen LogP contribution in [0.4, 0.5) is 5.82 Å². The molecule has 0 saturated carbocycles. The Kier molecular flexibility index (Phi) is 3.27. The van der Waals surface area contributed by atoms with Gasteiger partial charge in [-0.25, -0.2) is 14.8 Å². The number of hydrogen-bond acceptors (Lipinski definition) is 5. The van der Waals surface area contributed by atoms with Gasteiger partial charge < -0.3 is 9.88 Å². The Balaban J connectivity index is 2.03. The lowest BCUT2D eigenvalue weighted by atomic mass is 10.3. The van der Waals surface area contributed by atoms with Crippen LogP contribution in [-0.4, -0.2) is 25.6 Å². The quantitative estimate of drug-likeness (QED) is 0.793. The Labute approximate surface area is 119 Å². The summed E-state index contributed by atoms with van der Waals surface area (Å²) in [4.78, 5) is 21.8. The molecular weight excluding hydrogens is 274 g/mol. The average molecular weight is 289 g/mol. The molecule has 1 N–H and O–H groups in total. The molecule has 0 atom stereocenters. The van der Waals surface area contributed by atoms with E-state index in [0.717, 1.165) is 22.6 Å². The normalized spacial score (nSPS) is 11.1. The minimum absolute atomic E-state index is 0.0649. The van der Waals surface area contributed by atoms with Crippen molar-refractivity contribution in [3.05, 3.63) is 40.1 Å². The lowest BCUT2D eigenvalue weighted by Crippen LogP contribution is -2.23. The molecule has 0 saturated heterocycles. The number of imidazole rings is 1. The largest absolute Gasteiger partial charge is 0.370 e. The van der Waals surface area contributed by atoms with Crippen LogP contribution in [0.3, 0.4) is 0 Å². The number of hydrogen-bond donors (Lipinski definition) is 1. The number of anilines is 1. The van der Waals surface area contributed by atoms with Crippen molar-refractivity contribution in [1.29, 1.82) is 0 Å². The minimum atomic E-state index is -0.0649. The number of thiophene rings is 1. The van der Waals surface area contributed by atoms with Crippen molar-refractivity contribution in [3.8, 4) is 0 Å². The molecule has 3 aromatic rings. The number of aromatic nitrogens is 4. The SMILES string of the molecule is CCNc1nc(Cn2ccn(C)c2=O)nc2sccc12. The Morgan fingerprint density at radius 1 is 1.35 bits per heavy atom. The lowest BCUT2D eigenvalue weighted by Gasteiger charge is -2.07. The van der Waals surface area contributed by atoms with Gasteiger partial charge in [-0.05, 0) is 18.4 Å². The molecule has 0 bridgehead atoms. The minimum Gasteiger partial charge on any atom is -0.370 e. The van der Waals surface area contributed by atoms with E-state index in [0.29, 0.717) is 12.4 Å². The first-order valence-corrected chi connectivity index (χ1v) is 7.26. The third-order valence-corrected chi connectivity index (χ3v) is 3.85. The zero-order chi connectivity index (χ0) is 14.1. The second-order valence-electron chi connectivity index (χ2n) is 4.48. The van der Waals surface area contributed by atoms with Crippen molar-refractivity contribution >= 4 is 27.4 Å². The maximum Gasteiger partial charge on any atom is 0.328 e. The molecule has 3 aromatic heterocycles. The topological polar surface area (TPSA) is 64.7 Å². The Morgan fingerprint density at radius 3 is 2.90 bits per heavy atom. The highest BCUT2D eigenvalue weighted by Gasteiger charge is 2.10. The van der Waals surface area contributed by atoms with Gasteiger partial charge in [-0.15, -0.1) is 11.3 Å². The van der Waals surface area contributed by atoms with Crippen molar-refractivity contribution < 1.29 is 0 Å². The van der Waals surface area contributed by atoms with Crippen LogP contribution in [0, 0.1) is 0 Å². The maximum absolute atomic E-state index is 11.9. The highest BCUT2D eigenvalue weighted by atomic mass is 32.1. The van der Waals surface area contributed by atoms with Crippen LogP contribution in [0.15, 0.2) is 28.6 Å². The number of rotatable bonds is 4. The van der Waals surface area contributed by atoms with Gasteiger partial charge in [-0.2, -0.15) is 0 Å². The highest BCUT2D eigenvalue weighted by Crippen LogP contribution is 2.25.